The molecule has 1 heterocycles. The quantitative estimate of drug-likeness (QED) is 0.599. The molecule has 6 heteroatoms. The first-order valence-electron chi connectivity index (χ1n) is 10.3. The standard InChI is InChI=1S/C21H34N4O2/c1-4-6-12-22-21(27)24-17-10-11-19(25-13-8-7-9-14-25)18(15-17)20(26)23-16(3)5-2/h10-11,15-16H,4-9,12-14H2,1-3H3,(H,23,26)(H2,22,24,27). The number of hydrogen-bond donors (Lipinski definition) is 3. The average Bonchev–Trinajstić information content (AvgIpc) is 2.68. The number of benzene rings is 1. The molecule has 0 bridgehead atoms. The molecule has 1 saturated heterocycles. The summed E-state index contributed by atoms with van der Waals surface area (Å²) in [4.78, 5) is 27.2. The predicted octanol–water partition coefficient (Wildman–Crippen LogP) is 4.13. The van der Waals surface area contributed by atoms with E-state index in [9.17, 15) is 9.59 Å². The molecule has 6 nitrogen and oxygen atoms in total. The maximum absolute atomic E-state index is 12.9. The van der Waals surface area contributed by atoms with Gasteiger partial charge in [-0.05, 0) is 57.2 Å². The number of unbranched alkanes of at least 4 members (excludes halogenated alkanes) is 1. The molecule has 0 radical (unpaired) electrons. The van der Waals surface area contributed by atoms with Crippen molar-refractivity contribution in [2.24, 2.45) is 0 Å². The summed E-state index contributed by atoms with van der Waals surface area (Å²) >= 11 is 0. The number of rotatable bonds is 8. The number of hydrogen-bond acceptors (Lipinski definition) is 3. The van der Waals surface area contributed by atoms with Crippen LogP contribution in [0.2, 0.25) is 0 Å². The predicted molar refractivity (Wildman–Crippen MR) is 112 cm³/mol. The van der Waals surface area contributed by atoms with E-state index in [2.05, 4.69) is 34.7 Å². The number of carbonyl (C=O) groups is 2. The van der Waals surface area contributed by atoms with E-state index >= 15 is 0 Å². The summed E-state index contributed by atoms with van der Waals surface area (Å²) in [6.45, 7) is 8.72. The van der Waals surface area contributed by atoms with Crippen LogP contribution in [0.4, 0.5) is 16.2 Å². The van der Waals surface area contributed by atoms with Crippen LogP contribution in [-0.2, 0) is 0 Å². The van der Waals surface area contributed by atoms with Crippen molar-refractivity contribution in [3.05, 3.63) is 23.8 Å². The Morgan fingerprint density at radius 2 is 1.89 bits per heavy atom. The van der Waals surface area contributed by atoms with Gasteiger partial charge in [-0.25, -0.2) is 4.79 Å². The Bertz CT molecular complexity index is 627. The number of nitrogens with zero attached hydrogens (tertiary/aromatic N) is 1. The molecule has 2 rings (SSSR count). The van der Waals surface area contributed by atoms with Gasteiger partial charge in [-0.2, -0.15) is 0 Å². The molecule has 1 fully saturated rings. The third-order valence-corrected chi connectivity index (χ3v) is 5.00. The fourth-order valence-corrected chi connectivity index (χ4v) is 3.16. The summed E-state index contributed by atoms with van der Waals surface area (Å²) < 4.78 is 0. The average molecular weight is 375 g/mol. The van der Waals surface area contributed by atoms with Gasteiger partial charge >= 0.3 is 6.03 Å². The largest absolute Gasteiger partial charge is 0.371 e. The lowest BCUT2D eigenvalue weighted by Gasteiger charge is -2.31. The Morgan fingerprint density at radius 3 is 2.56 bits per heavy atom. The summed E-state index contributed by atoms with van der Waals surface area (Å²) in [6.07, 6.45) is 6.39. The number of anilines is 2. The minimum Gasteiger partial charge on any atom is -0.371 e. The van der Waals surface area contributed by atoms with Gasteiger partial charge in [0.15, 0.2) is 0 Å². The first-order valence-corrected chi connectivity index (χ1v) is 10.3. The molecular formula is C21H34N4O2. The molecule has 0 aromatic heterocycles. The van der Waals surface area contributed by atoms with Crippen molar-refractivity contribution in [2.75, 3.05) is 29.9 Å². The molecule has 1 unspecified atom stereocenters. The Hall–Kier alpha value is -2.24. The molecule has 150 valence electrons. The third-order valence-electron chi connectivity index (χ3n) is 5.00. The second-order valence-electron chi connectivity index (χ2n) is 7.30. The van der Waals surface area contributed by atoms with Gasteiger partial charge < -0.3 is 20.9 Å². The van der Waals surface area contributed by atoms with Crippen LogP contribution in [0.1, 0.15) is 69.7 Å². The lowest BCUT2D eigenvalue weighted by molar-refractivity contribution is 0.0939. The molecule has 1 aliphatic heterocycles. The topological polar surface area (TPSA) is 73.5 Å². The number of urea groups is 1. The summed E-state index contributed by atoms with van der Waals surface area (Å²) in [5, 5.41) is 8.74. The molecule has 3 amide bonds. The van der Waals surface area contributed by atoms with Gasteiger partial charge in [-0.3, -0.25) is 4.79 Å². The van der Waals surface area contributed by atoms with Gasteiger partial charge in [0.2, 0.25) is 0 Å². The van der Waals surface area contributed by atoms with Crippen molar-refractivity contribution in [1.82, 2.24) is 10.6 Å². The second-order valence-corrected chi connectivity index (χ2v) is 7.30. The Balaban J connectivity index is 2.18. The van der Waals surface area contributed by atoms with Crippen molar-refractivity contribution < 1.29 is 9.59 Å². The van der Waals surface area contributed by atoms with Gasteiger partial charge in [0, 0.05) is 37.1 Å². The van der Waals surface area contributed by atoms with Crippen molar-refractivity contribution in [1.29, 1.82) is 0 Å². The monoisotopic (exact) mass is 374 g/mol. The van der Waals surface area contributed by atoms with Crippen LogP contribution in [0, 0.1) is 0 Å². The van der Waals surface area contributed by atoms with Crippen LogP contribution in [0.15, 0.2) is 18.2 Å². The molecule has 0 saturated carbocycles. The summed E-state index contributed by atoms with van der Waals surface area (Å²) in [6, 6.07) is 5.51. The van der Waals surface area contributed by atoms with Gasteiger partial charge in [0.1, 0.15) is 0 Å². The molecular weight excluding hydrogens is 340 g/mol. The highest BCUT2D eigenvalue weighted by Gasteiger charge is 2.20. The van der Waals surface area contributed by atoms with Gasteiger partial charge in [-0.1, -0.05) is 20.3 Å². The van der Waals surface area contributed by atoms with Gasteiger partial charge in [0.25, 0.3) is 5.91 Å². The number of carbonyl (C=O) groups excluding carboxylic acids is 2. The summed E-state index contributed by atoms with van der Waals surface area (Å²) in [5.74, 6) is -0.0834. The zero-order valence-electron chi connectivity index (χ0n) is 16.9. The van der Waals surface area contributed by atoms with Crippen LogP contribution in [0.3, 0.4) is 0 Å². The van der Waals surface area contributed by atoms with E-state index in [1.807, 2.05) is 19.1 Å². The van der Waals surface area contributed by atoms with E-state index in [4.69, 9.17) is 0 Å². The van der Waals surface area contributed by atoms with E-state index in [-0.39, 0.29) is 18.0 Å². The van der Waals surface area contributed by atoms with Crippen molar-refractivity contribution in [3.8, 4) is 0 Å². The maximum atomic E-state index is 12.9. The normalized spacial score (nSPS) is 15.1. The maximum Gasteiger partial charge on any atom is 0.319 e. The second kappa shape index (κ2) is 10.8. The van der Waals surface area contributed by atoms with Gasteiger partial charge in [-0.15, -0.1) is 0 Å². The fourth-order valence-electron chi connectivity index (χ4n) is 3.16. The number of piperidine rings is 1. The fraction of sp³-hybridized carbons (Fsp3) is 0.619. The number of nitrogens with one attached hydrogen (secondary N) is 3. The zero-order chi connectivity index (χ0) is 19.6. The Kier molecular flexibility index (Phi) is 8.43. The minimum atomic E-state index is -0.234. The summed E-state index contributed by atoms with van der Waals surface area (Å²) in [7, 11) is 0. The third kappa shape index (κ3) is 6.45. The lowest BCUT2D eigenvalue weighted by Crippen LogP contribution is -2.36. The number of amides is 3. The highest BCUT2D eigenvalue weighted by atomic mass is 16.2. The van der Waals surface area contributed by atoms with E-state index in [1.165, 1.54) is 6.42 Å². The highest BCUT2D eigenvalue weighted by molar-refractivity contribution is 6.02. The van der Waals surface area contributed by atoms with Crippen molar-refractivity contribution >= 4 is 23.3 Å². The van der Waals surface area contributed by atoms with Crippen molar-refractivity contribution in [3.63, 3.8) is 0 Å². The molecule has 1 aromatic rings. The molecule has 0 spiro atoms. The van der Waals surface area contributed by atoms with E-state index in [1.54, 1.807) is 6.07 Å². The Labute approximate surface area is 163 Å². The molecule has 1 aliphatic rings. The molecule has 1 aromatic carbocycles. The molecule has 0 aliphatic carbocycles. The van der Waals surface area contributed by atoms with Gasteiger partial charge in [0.05, 0.1) is 5.56 Å². The lowest BCUT2D eigenvalue weighted by atomic mass is 10.1. The van der Waals surface area contributed by atoms with Crippen molar-refractivity contribution in [2.45, 2.75) is 65.3 Å². The van der Waals surface area contributed by atoms with E-state index in [0.29, 0.717) is 17.8 Å². The van der Waals surface area contributed by atoms with Crippen LogP contribution in [0.5, 0.6) is 0 Å². The molecule has 27 heavy (non-hydrogen) atoms. The van der Waals surface area contributed by atoms with E-state index in [0.717, 1.165) is 50.9 Å². The van der Waals surface area contributed by atoms with Crippen LogP contribution in [0.25, 0.3) is 0 Å². The minimum absolute atomic E-state index is 0.0834. The zero-order valence-corrected chi connectivity index (χ0v) is 16.9. The Morgan fingerprint density at radius 1 is 1.15 bits per heavy atom. The first kappa shape index (κ1) is 21.1. The van der Waals surface area contributed by atoms with Crippen LogP contribution in [-0.4, -0.2) is 37.6 Å². The smallest absolute Gasteiger partial charge is 0.319 e. The van der Waals surface area contributed by atoms with Crippen LogP contribution >= 0.6 is 0 Å². The summed E-state index contributed by atoms with van der Waals surface area (Å²) in [5.41, 5.74) is 2.22. The van der Waals surface area contributed by atoms with Crippen LogP contribution < -0.4 is 20.9 Å². The van der Waals surface area contributed by atoms with E-state index < -0.39 is 0 Å². The molecule has 3 N–H and O–H groups in total. The first-order chi connectivity index (χ1) is 13.0. The SMILES string of the molecule is CCCCNC(=O)Nc1ccc(N2CCCCC2)c(C(=O)NC(C)CC)c1. The molecule has 1 atom stereocenters. The highest BCUT2D eigenvalue weighted by Crippen LogP contribution is 2.27.